The van der Waals surface area contributed by atoms with Gasteiger partial charge in [0, 0.05) is 40.8 Å². The van der Waals surface area contributed by atoms with E-state index in [1.807, 2.05) is 6.08 Å². The third-order valence-electron chi connectivity index (χ3n) is 8.21. The van der Waals surface area contributed by atoms with E-state index in [-0.39, 0.29) is 59.1 Å². The lowest BCUT2D eigenvalue weighted by Gasteiger charge is -2.42. The molecule has 1 N–H and O–H groups in total. The molecule has 6 rings (SSSR count). The fourth-order valence-electron chi connectivity index (χ4n) is 6.57. The first-order valence-electron chi connectivity index (χ1n) is 13.1. The standard InChI is InChI=1S/C30H23BrN2O8/c31-22-14-23(35)27-21(28(22)36)13-20-17(25(27)18-6-1-2-7-24(18)41-11-10-34)8-9-19-26(20)30(38)32(29(19)37)15-4-3-5-16(12-15)33(39)40/h1-8,12,14,19-20,25-26,34H,9-11,13H2/t19-,20+,25+,26-/m0/s1. The quantitative estimate of drug-likeness (QED) is 0.169. The third-order valence-corrected chi connectivity index (χ3v) is 8.80. The molecule has 1 saturated heterocycles. The predicted octanol–water partition coefficient (Wildman–Crippen LogP) is 3.93. The molecular weight excluding hydrogens is 596 g/mol. The molecule has 1 fully saturated rings. The molecule has 208 valence electrons. The van der Waals surface area contributed by atoms with Crippen molar-refractivity contribution in [1.29, 1.82) is 0 Å². The van der Waals surface area contributed by atoms with Gasteiger partial charge in [-0.3, -0.25) is 29.3 Å². The molecule has 4 atom stereocenters. The number of non-ortho nitro benzene ring substituents is 1. The highest BCUT2D eigenvalue weighted by Crippen LogP contribution is 2.56. The van der Waals surface area contributed by atoms with Gasteiger partial charge in [-0.25, -0.2) is 4.90 Å². The molecule has 41 heavy (non-hydrogen) atoms. The van der Waals surface area contributed by atoms with Crippen LogP contribution < -0.4 is 9.64 Å². The molecule has 2 amide bonds. The number of allylic oxidation sites excluding steroid dienone is 6. The molecule has 2 aromatic rings. The number of amides is 2. The number of hydrogen-bond donors (Lipinski definition) is 1. The van der Waals surface area contributed by atoms with Crippen LogP contribution in [0.1, 0.15) is 24.3 Å². The van der Waals surface area contributed by atoms with E-state index in [4.69, 9.17) is 4.74 Å². The first-order valence-corrected chi connectivity index (χ1v) is 13.9. The molecule has 1 heterocycles. The van der Waals surface area contributed by atoms with E-state index in [1.54, 1.807) is 24.3 Å². The lowest BCUT2D eigenvalue weighted by Crippen LogP contribution is -2.39. The van der Waals surface area contributed by atoms with Gasteiger partial charge in [0.15, 0.2) is 11.6 Å². The lowest BCUT2D eigenvalue weighted by atomic mass is 9.59. The number of nitrogens with zero attached hydrogens (tertiary/aromatic N) is 2. The van der Waals surface area contributed by atoms with Crippen molar-refractivity contribution in [2.75, 3.05) is 18.1 Å². The molecule has 3 aliphatic carbocycles. The summed E-state index contributed by atoms with van der Waals surface area (Å²) in [7, 11) is 0. The second kappa shape index (κ2) is 10.3. The van der Waals surface area contributed by atoms with Crippen LogP contribution in [0.4, 0.5) is 11.4 Å². The molecule has 2 aromatic carbocycles. The Labute approximate surface area is 242 Å². The Morgan fingerprint density at radius 2 is 1.83 bits per heavy atom. The summed E-state index contributed by atoms with van der Waals surface area (Å²) in [6.07, 6.45) is 3.46. The maximum atomic E-state index is 14.0. The molecule has 0 bridgehead atoms. The maximum absolute atomic E-state index is 14.0. The second-order valence-corrected chi connectivity index (χ2v) is 11.1. The summed E-state index contributed by atoms with van der Waals surface area (Å²) in [6, 6.07) is 12.4. The molecule has 11 heteroatoms. The number of halogens is 1. The largest absolute Gasteiger partial charge is 0.491 e. The number of ketones is 2. The van der Waals surface area contributed by atoms with Crippen molar-refractivity contribution in [2.45, 2.75) is 18.8 Å². The highest BCUT2D eigenvalue weighted by molar-refractivity contribution is 9.12. The Balaban J connectivity index is 1.48. The number of para-hydroxylation sites is 1. The molecule has 0 unspecified atom stereocenters. The number of nitro benzene ring substituents is 1. The van der Waals surface area contributed by atoms with E-state index in [9.17, 15) is 34.4 Å². The van der Waals surface area contributed by atoms with Crippen molar-refractivity contribution in [1.82, 2.24) is 0 Å². The Kier molecular flexibility index (Phi) is 6.79. The average Bonchev–Trinajstić information content (AvgIpc) is 3.23. The van der Waals surface area contributed by atoms with Crippen LogP contribution in [-0.4, -0.2) is 46.6 Å². The number of anilines is 1. The van der Waals surface area contributed by atoms with Gasteiger partial charge in [-0.2, -0.15) is 0 Å². The first kappa shape index (κ1) is 27.0. The molecule has 10 nitrogen and oxygen atoms in total. The zero-order valence-corrected chi connectivity index (χ0v) is 23.1. The van der Waals surface area contributed by atoms with Gasteiger partial charge < -0.3 is 9.84 Å². The van der Waals surface area contributed by atoms with E-state index in [0.717, 1.165) is 10.5 Å². The normalized spacial score (nSPS) is 25.4. The topological polar surface area (TPSA) is 144 Å². The average molecular weight is 619 g/mol. The van der Waals surface area contributed by atoms with Crippen LogP contribution in [0.15, 0.2) is 81.9 Å². The molecule has 4 aliphatic rings. The minimum absolute atomic E-state index is 0.0201. The van der Waals surface area contributed by atoms with Crippen LogP contribution in [0.5, 0.6) is 5.75 Å². The smallest absolute Gasteiger partial charge is 0.271 e. The summed E-state index contributed by atoms with van der Waals surface area (Å²) in [5, 5.41) is 20.7. The third kappa shape index (κ3) is 4.27. The number of ether oxygens (including phenoxy) is 1. The molecule has 1 aliphatic heterocycles. The van der Waals surface area contributed by atoms with Crippen LogP contribution in [0.3, 0.4) is 0 Å². The van der Waals surface area contributed by atoms with E-state index in [0.29, 0.717) is 16.9 Å². The number of nitro groups is 1. The molecule has 0 spiro atoms. The zero-order valence-electron chi connectivity index (χ0n) is 21.5. The minimum atomic E-state index is -0.823. The summed E-state index contributed by atoms with van der Waals surface area (Å²) < 4.78 is 5.93. The number of aliphatic hydroxyl groups excluding tert-OH is 1. The van der Waals surface area contributed by atoms with Crippen molar-refractivity contribution >= 4 is 50.7 Å². The first-order chi connectivity index (χ1) is 19.7. The highest BCUT2D eigenvalue weighted by Gasteiger charge is 2.57. The Bertz CT molecular complexity index is 1640. The predicted molar refractivity (Wildman–Crippen MR) is 149 cm³/mol. The summed E-state index contributed by atoms with van der Waals surface area (Å²) in [6.45, 7) is -0.203. The molecular formula is C30H23BrN2O8. The number of imide groups is 1. The van der Waals surface area contributed by atoms with Crippen molar-refractivity contribution in [3.8, 4) is 5.75 Å². The van der Waals surface area contributed by atoms with Crippen LogP contribution in [0.25, 0.3) is 0 Å². The SMILES string of the molecule is O=C1C=C(Br)C(=O)C2=C1[C@@H](c1ccccc1OCCO)C1=CC[C@@H]3C(=O)N(c4cccc([N+](=O)[O-])c4)C(=O)[C@@H]3[C@@H]1C2. The molecule has 0 saturated carbocycles. The van der Waals surface area contributed by atoms with E-state index in [2.05, 4.69) is 15.9 Å². The fourth-order valence-corrected chi connectivity index (χ4v) is 7.02. The van der Waals surface area contributed by atoms with Crippen LogP contribution >= 0.6 is 15.9 Å². The van der Waals surface area contributed by atoms with Gasteiger partial charge in [0.1, 0.15) is 12.4 Å². The summed E-state index contributed by atoms with van der Waals surface area (Å²) >= 11 is 3.21. The molecule has 0 radical (unpaired) electrons. The highest BCUT2D eigenvalue weighted by atomic mass is 79.9. The Hall–Kier alpha value is -4.22. The summed E-state index contributed by atoms with van der Waals surface area (Å²) in [4.78, 5) is 66.2. The van der Waals surface area contributed by atoms with Crippen LogP contribution in [-0.2, 0) is 19.2 Å². The summed E-state index contributed by atoms with van der Waals surface area (Å²) in [5.41, 5.74) is 1.83. The lowest BCUT2D eigenvalue weighted by molar-refractivity contribution is -0.384. The van der Waals surface area contributed by atoms with Gasteiger partial charge in [0.2, 0.25) is 11.8 Å². The van der Waals surface area contributed by atoms with Crippen molar-refractivity contribution < 1.29 is 33.9 Å². The number of Topliss-reactive ketones (excluding diaryl/α,β-unsaturated/α-hetero) is 1. The number of rotatable bonds is 6. The Morgan fingerprint density at radius 3 is 2.59 bits per heavy atom. The Morgan fingerprint density at radius 1 is 1.05 bits per heavy atom. The number of benzene rings is 2. The maximum Gasteiger partial charge on any atom is 0.271 e. The van der Waals surface area contributed by atoms with Crippen molar-refractivity contribution in [2.24, 2.45) is 17.8 Å². The van der Waals surface area contributed by atoms with Gasteiger partial charge in [-0.15, -0.1) is 0 Å². The fraction of sp³-hybridized carbons (Fsp3) is 0.267. The van der Waals surface area contributed by atoms with E-state index >= 15 is 0 Å². The summed E-state index contributed by atoms with van der Waals surface area (Å²) in [5.74, 6) is -4.01. The van der Waals surface area contributed by atoms with Crippen LogP contribution in [0.2, 0.25) is 0 Å². The number of fused-ring (bicyclic) bond motifs is 3. The van der Waals surface area contributed by atoms with Gasteiger partial charge in [-0.1, -0.05) is 35.9 Å². The number of aliphatic hydroxyl groups is 1. The monoisotopic (exact) mass is 618 g/mol. The van der Waals surface area contributed by atoms with Crippen LogP contribution in [0, 0.1) is 27.9 Å². The van der Waals surface area contributed by atoms with Gasteiger partial charge in [-0.05, 0) is 46.8 Å². The van der Waals surface area contributed by atoms with Gasteiger partial charge in [0.25, 0.3) is 5.69 Å². The van der Waals surface area contributed by atoms with Crippen molar-refractivity contribution in [3.05, 3.63) is 97.6 Å². The van der Waals surface area contributed by atoms with Gasteiger partial charge in [0.05, 0.1) is 33.5 Å². The van der Waals surface area contributed by atoms with Gasteiger partial charge >= 0.3 is 0 Å². The zero-order chi connectivity index (χ0) is 29.0. The molecule has 0 aromatic heterocycles. The number of carbonyl (C=O) groups excluding carboxylic acids is 4. The number of carbonyl (C=O) groups is 4. The second-order valence-electron chi connectivity index (χ2n) is 10.3. The van der Waals surface area contributed by atoms with Crippen molar-refractivity contribution in [3.63, 3.8) is 0 Å². The van der Waals surface area contributed by atoms with E-state index in [1.165, 1.54) is 30.3 Å². The number of hydrogen-bond acceptors (Lipinski definition) is 8. The minimum Gasteiger partial charge on any atom is -0.491 e. The van der Waals surface area contributed by atoms with E-state index < -0.39 is 40.4 Å².